The average molecular weight is 213 g/mol. The van der Waals surface area contributed by atoms with E-state index in [9.17, 15) is 4.39 Å². The molecule has 0 bridgehead atoms. The Bertz CT molecular complexity index is 371. The quantitative estimate of drug-likeness (QED) is 0.754. The van der Waals surface area contributed by atoms with E-state index in [4.69, 9.17) is 16.9 Å². The van der Waals surface area contributed by atoms with Crippen molar-refractivity contribution >= 4 is 11.6 Å². The number of halogens is 2. The first kappa shape index (κ1) is 11.0. The van der Waals surface area contributed by atoms with Crippen molar-refractivity contribution in [3.8, 4) is 6.07 Å². The van der Waals surface area contributed by atoms with E-state index >= 15 is 0 Å². The molecule has 14 heavy (non-hydrogen) atoms. The maximum atomic E-state index is 13.1. The standard InChI is InChI=1S/C10H10ClFN2/c1-14(2)10(6-13)7-3-4-8(11)9(12)5-7/h3-5,10H,1-2H3. The van der Waals surface area contributed by atoms with E-state index in [1.807, 2.05) is 0 Å². The number of nitrogens with zero attached hydrogens (tertiary/aromatic N) is 2. The molecular weight excluding hydrogens is 203 g/mol. The minimum absolute atomic E-state index is 0.0733. The van der Waals surface area contributed by atoms with Gasteiger partial charge in [0, 0.05) is 0 Å². The Morgan fingerprint density at radius 1 is 1.50 bits per heavy atom. The van der Waals surface area contributed by atoms with E-state index in [1.54, 1.807) is 25.1 Å². The van der Waals surface area contributed by atoms with Crippen molar-refractivity contribution in [3.05, 3.63) is 34.6 Å². The average Bonchev–Trinajstić information content (AvgIpc) is 2.11. The molecule has 0 fully saturated rings. The maximum Gasteiger partial charge on any atom is 0.142 e. The number of rotatable bonds is 2. The topological polar surface area (TPSA) is 27.0 Å². The van der Waals surface area contributed by atoms with E-state index in [0.717, 1.165) is 0 Å². The van der Waals surface area contributed by atoms with Crippen LogP contribution in [0.5, 0.6) is 0 Å². The molecule has 0 aliphatic heterocycles. The molecule has 0 aliphatic rings. The SMILES string of the molecule is CN(C)C(C#N)c1ccc(Cl)c(F)c1. The summed E-state index contributed by atoms with van der Waals surface area (Å²) in [5.74, 6) is -0.494. The van der Waals surface area contributed by atoms with Crippen LogP contribution in [0.2, 0.25) is 5.02 Å². The molecule has 0 aliphatic carbocycles. The van der Waals surface area contributed by atoms with Crippen LogP contribution in [0.1, 0.15) is 11.6 Å². The van der Waals surface area contributed by atoms with Gasteiger partial charge in [0.15, 0.2) is 0 Å². The zero-order valence-corrected chi connectivity index (χ0v) is 8.72. The molecule has 1 aromatic rings. The monoisotopic (exact) mass is 212 g/mol. The van der Waals surface area contributed by atoms with Crippen molar-refractivity contribution in [2.24, 2.45) is 0 Å². The van der Waals surface area contributed by atoms with Gasteiger partial charge < -0.3 is 0 Å². The normalized spacial score (nSPS) is 12.6. The molecule has 0 N–H and O–H groups in total. The van der Waals surface area contributed by atoms with Gasteiger partial charge in [0.05, 0.1) is 11.1 Å². The lowest BCUT2D eigenvalue weighted by molar-refractivity contribution is 0.357. The first-order valence-corrected chi connectivity index (χ1v) is 4.45. The predicted octanol–water partition coefficient (Wildman–Crippen LogP) is 2.61. The minimum Gasteiger partial charge on any atom is -0.291 e. The lowest BCUT2D eigenvalue weighted by Gasteiger charge is -2.17. The highest BCUT2D eigenvalue weighted by Gasteiger charge is 2.14. The van der Waals surface area contributed by atoms with E-state index in [0.29, 0.717) is 5.56 Å². The molecule has 1 unspecified atom stereocenters. The first-order chi connectivity index (χ1) is 6.56. The molecule has 1 rings (SSSR count). The van der Waals surface area contributed by atoms with Gasteiger partial charge in [-0.05, 0) is 31.8 Å². The smallest absolute Gasteiger partial charge is 0.142 e. The predicted molar refractivity (Wildman–Crippen MR) is 53.5 cm³/mol. The molecule has 4 heteroatoms. The molecule has 0 radical (unpaired) electrons. The van der Waals surface area contributed by atoms with Gasteiger partial charge in [0.1, 0.15) is 11.9 Å². The molecule has 1 atom stereocenters. The number of hydrogen-bond donors (Lipinski definition) is 0. The van der Waals surface area contributed by atoms with E-state index in [-0.39, 0.29) is 5.02 Å². The zero-order chi connectivity index (χ0) is 10.7. The molecule has 0 amide bonds. The van der Waals surface area contributed by atoms with E-state index < -0.39 is 11.9 Å². The van der Waals surface area contributed by atoms with Gasteiger partial charge in [-0.1, -0.05) is 17.7 Å². The number of nitriles is 1. The number of benzene rings is 1. The zero-order valence-electron chi connectivity index (χ0n) is 7.96. The lowest BCUT2D eigenvalue weighted by atomic mass is 10.1. The van der Waals surface area contributed by atoms with Crippen molar-refractivity contribution < 1.29 is 4.39 Å². The maximum absolute atomic E-state index is 13.1. The molecule has 1 aromatic carbocycles. The summed E-state index contributed by atoms with van der Waals surface area (Å²) in [6, 6.07) is 6.04. The molecule has 0 aromatic heterocycles. The van der Waals surface area contributed by atoms with Gasteiger partial charge in [-0.3, -0.25) is 4.90 Å². The molecule has 74 valence electrons. The van der Waals surface area contributed by atoms with Crippen molar-refractivity contribution in [3.63, 3.8) is 0 Å². The fourth-order valence-electron chi connectivity index (χ4n) is 1.17. The van der Waals surface area contributed by atoms with Gasteiger partial charge in [0.25, 0.3) is 0 Å². The van der Waals surface area contributed by atoms with Crippen LogP contribution in [0.15, 0.2) is 18.2 Å². The second-order valence-corrected chi connectivity index (χ2v) is 3.58. The third kappa shape index (κ3) is 2.22. The highest BCUT2D eigenvalue weighted by atomic mass is 35.5. The Labute approximate surface area is 87.5 Å². The van der Waals surface area contributed by atoms with E-state index in [2.05, 4.69) is 6.07 Å². The lowest BCUT2D eigenvalue weighted by Crippen LogP contribution is -2.18. The van der Waals surface area contributed by atoms with Gasteiger partial charge in [0.2, 0.25) is 0 Å². The summed E-state index contributed by atoms with van der Waals surface area (Å²) in [4.78, 5) is 1.71. The fourth-order valence-corrected chi connectivity index (χ4v) is 1.29. The van der Waals surface area contributed by atoms with Crippen LogP contribution in [0.3, 0.4) is 0 Å². The van der Waals surface area contributed by atoms with E-state index in [1.165, 1.54) is 12.1 Å². The second kappa shape index (κ2) is 4.41. The van der Waals surface area contributed by atoms with Gasteiger partial charge in [-0.25, -0.2) is 4.39 Å². The molecule has 0 spiro atoms. The molecule has 0 saturated heterocycles. The van der Waals surface area contributed by atoms with Crippen LogP contribution in [-0.4, -0.2) is 19.0 Å². The Hall–Kier alpha value is -1.11. The molecule has 0 heterocycles. The summed E-state index contributed by atoms with van der Waals surface area (Å²) in [5, 5.41) is 8.94. The Morgan fingerprint density at radius 2 is 2.14 bits per heavy atom. The summed E-state index contributed by atoms with van der Waals surface area (Å²) >= 11 is 5.54. The van der Waals surface area contributed by atoms with Crippen LogP contribution in [0, 0.1) is 17.1 Å². The third-order valence-electron chi connectivity index (χ3n) is 1.90. The van der Waals surface area contributed by atoms with Gasteiger partial charge in [-0.2, -0.15) is 5.26 Å². The largest absolute Gasteiger partial charge is 0.291 e. The molecular formula is C10H10ClFN2. The van der Waals surface area contributed by atoms with Crippen molar-refractivity contribution in [2.75, 3.05) is 14.1 Å². The summed E-state index contributed by atoms with van der Waals surface area (Å²) in [6.07, 6.45) is 0. The van der Waals surface area contributed by atoms with Crippen LogP contribution >= 0.6 is 11.6 Å². The molecule has 0 saturated carbocycles. The highest BCUT2D eigenvalue weighted by molar-refractivity contribution is 6.30. The summed E-state index contributed by atoms with van der Waals surface area (Å²) in [6.45, 7) is 0. The summed E-state index contributed by atoms with van der Waals surface area (Å²) in [7, 11) is 3.53. The van der Waals surface area contributed by atoms with Crippen LogP contribution in [-0.2, 0) is 0 Å². The molecule has 2 nitrogen and oxygen atoms in total. The van der Waals surface area contributed by atoms with Crippen LogP contribution in [0.4, 0.5) is 4.39 Å². The highest BCUT2D eigenvalue weighted by Crippen LogP contribution is 2.22. The second-order valence-electron chi connectivity index (χ2n) is 3.17. The Kier molecular flexibility index (Phi) is 3.45. The third-order valence-corrected chi connectivity index (χ3v) is 2.20. The van der Waals surface area contributed by atoms with Crippen molar-refractivity contribution in [1.82, 2.24) is 4.90 Å². The minimum atomic E-state index is -0.494. The number of hydrogen-bond acceptors (Lipinski definition) is 2. The van der Waals surface area contributed by atoms with Gasteiger partial charge in [-0.15, -0.1) is 0 Å². The van der Waals surface area contributed by atoms with Crippen LogP contribution in [0.25, 0.3) is 0 Å². The fraction of sp³-hybridized carbons (Fsp3) is 0.300. The summed E-state index contributed by atoms with van der Waals surface area (Å²) < 4.78 is 13.1. The summed E-state index contributed by atoms with van der Waals surface area (Å²) in [5.41, 5.74) is 0.611. The Morgan fingerprint density at radius 3 is 2.57 bits per heavy atom. The van der Waals surface area contributed by atoms with Crippen molar-refractivity contribution in [2.45, 2.75) is 6.04 Å². The Balaban J connectivity index is 3.08. The van der Waals surface area contributed by atoms with Gasteiger partial charge >= 0.3 is 0 Å². The van der Waals surface area contributed by atoms with Crippen LogP contribution < -0.4 is 0 Å². The first-order valence-electron chi connectivity index (χ1n) is 4.07. The van der Waals surface area contributed by atoms with Crippen molar-refractivity contribution in [1.29, 1.82) is 5.26 Å².